The number of carbonyl (C=O) groups excluding carboxylic acids is 1. The lowest BCUT2D eigenvalue weighted by Gasteiger charge is -2.05. The predicted molar refractivity (Wildman–Crippen MR) is 48.9 cm³/mol. The first kappa shape index (κ1) is 9.99. The van der Waals surface area contributed by atoms with Crippen molar-refractivity contribution in [2.24, 2.45) is 5.73 Å². The molecule has 2 nitrogen and oxygen atoms in total. The first-order valence-corrected chi connectivity index (χ1v) is 4.21. The summed E-state index contributed by atoms with van der Waals surface area (Å²) in [6.07, 6.45) is 0.129. The second-order valence-electron chi connectivity index (χ2n) is 2.67. The van der Waals surface area contributed by atoms with Crippen LogP contribution < -0.4 is 5.73 Å². The van der Waals surface area contributed by atoms with Crippen LogP contribution in [-0.4, -0.2) is 11.3 Å². The Balaban J connectivity index is 2.74. The van der Waals surface area contributed by atoms with Crippen LogP contribution in [-0.2, 0) is 11.2 Å². The van der Waals surface area contributed by atoms with Crippen molar-refractivity contribution in [1.29, 1.82) is 0 Å². The molecule has 1 atom stereocenters. The van der Waals surface area contributed by atoms with E-state index in [2.05, 4.69) is 0 Å². The molecule has 0 saturated carbocycles. The Morgan fingerprint density at radius 2 is 2.15 bits per heavy atom. The van der Waals surface area contributed by atoms with E-state index in [0.717, 1.165) is 0 Å². The second kappa shape index (κ2) is 4.23. The van der Waals surface area contributed by atoms with E-state index in [-0.39, 0.29) is 12.2 Å². The molecule has 1 aromatic carbocycles. The van der Waals surface area contributed by atoms with Crippen molar-refractivity contribution in [3.63, 3.8) is 0 Å². The zero-order chi connectivity index (χ0) is 9.84. The molecule has 0 bridgehead atoms. The van der Waals surface area contributed by atoms with Gasteiger partial charge in [-0.25, -0.2) is 4.39 Å². The highest BCUT2D eigenvalue weighted by Crippen LogP contribution is 2.11. The van der Waals surface area contributed by atoms with Gasteiger partial charge in [-0.05, 0) is 11.6 Å². The number of hydrogen-bond donors (Lipinski definition) is 1. The Morgan fingerprint density at radius 3 is 2.69 bits per heavy atom. The standard InChI is InChI=1S/C9H9ClFNO/c10-7(9(12)13)5-6-3-1-2-4-8(6)11/h1-4,7H,5H2,(H2,12,13). The lowest BCUT2D eigenvalue weighted by Crippen LogP contribution is -2.25. The normalized spacial score (nSPS) is 12.5. The molecule has 0 fully saturated rings. The van der Waals surface area contributed by atoms with E-state index < -0.39 is 11.3 Å². The molecule has 1 rings (SSSR count). The molecule has 13 heavy (non-hydrogen) atoms. The molecule has 0 aliphatic carbocycles. The van der Waals surface area contributed by atoms with Gasteiger partial charge in [-0.15, -0.1) is 11.6 Å². The largest absolute Gasteiger partial charge is 0.368 e. The summed E-state index contributed by atoms with van der Waals surface area (Å²) >= 11 is 5.58. The molecule has 0 radical (unpaired) electrons. The highest BCUT2D eigenvalue weighted by Gasteiger charge is 2.13. The van der Waals surface area contributed by atoms with Gasteiger partial charge in [0.1, 0.15) is 11.2 Å². The summed E-state index contributed by atoms with van der Waals surface area (Å²) in [5.41, 5.74) is 5.34. The Hall–Kier alpha value is -1.09. The maximum Gasteiger partial charge on any atom is 0.235 e. The molecular formula is C9H9ClFNO. The maximum absolute atomic E-state index is 13.0. The van der Waals surface area contributed by atoms with Gasteiger partial charge in [-0.1, -0.05) is 18.2 Å². The van der Waals surface area contributed by atoms with Crippen molar-refractivity contribution in [2.45, 2.75) is 11.8 Å². The van der Waals surface area contributed by atoms with Gasteiger partial charge >= 0.3 is 0 Å². The van der Waals surface area contributed by atoms with Crippen molar-refractivity contribution < 1.29 is 9.18 Å². The van der Waals surface area contributed by atoms with E-state index in [1.54, 1.807) is 18.2 Å². The van der Waals surface area contributed by atoms with E-state index in [0.29, 0.717) is 5.56 Å². The van der Waals surface area contributed by atoms with Crippen molar-refractivity contribution in [3.05, 3.63) is 35.6 Å². The number of primary amides is 1. The summed E-state index contributed by atoms with van der Waals surface area (Å²) < 4.78 is 13.0. The van der Waals surface area contributed by atoms with Crippen molar-refractivity contribution in [3.8, 4) is 0 Å². The molecule has 4 heteroatoms. The first-order valence-electron chi connectivity index (χ1n) is 3.78. The van der Waals surface area contributed by atoms with Crippen LogP contribution in [0.5, 0.6) is 0 Å². The van der Waals surface area contributed by atoms with Crippen LogP contribution in [0.1, 0.15) is 5.56 Å². The number of nitrogens with two attached hydrogens (primary N) is 1. The molecule has 1 amide bonds. The van der Waals surface area contributed by atoms with E-state index in [9.17, 15) is 9.18 Å². The Morgan fingerprint density at radius 1 is 1.54 bits per heavy atom. The second-order valence-corrected chi connectivity index (χ2v) is 3.19. The van der Waals surface area contributed by atoms with Gasteiger partial charge in [-0.3, -0.25) is 4.79 Å². The smallest absolute Gasteiger partial charge is 0.235 e. The summed E-state index contributed by atoms with van der Waals surface area (Å²) in [5, 5.41) is -0.850. The molecule has 70 valence electrons. The third kappa shape index (κ3) is 2.70. The number of alkyl halides is 1. The summed E-state index contributed by atoms with van der Waals surface area (Å²) in [5.74, 6) is -1.00. The number of halogens is 2. The quantitative estimate of drug-likeness (QED) is 0.740. The molecule has 0 spiro atoms. The van der Waals surface area contributed by atoms with Gasteiger partial charge < -0.3 is 5.73 Å². The van der Waals surface area contributed by atoms with E-state index >= 15 is 0 Å². The lowest BCUT2D eigenvalue weighted by atomic mass is 10.1. The van der Waals surface area contributed by atoms with Crippen LogP contribution in [0.2, 0.25) is 0 Å². The Bertz CT molecular complexity index is 316. The molecule has 0 aliphatic rings. The Kier molecular flexibility index (Phi) is 3.25. The Labute approximate surface area is 80.5 Å². The van der Waals surface area contributed by atoms with Gasteiger partial charge in [0.15, 0.2) is 0 Å². The number of hydrogen-bond acceptors (Lipinski definition) is 1. The fourth-order valence-corrected chi connectivity index (χ4v) is 1.12. The molecular weight excluding hydrogens is 193 g/mol. The lowest BCUT2D eigenvalue weighted by molar-refractivity contribution is -0.117. The van der Waals surface area contributed by atoms with Crippen molar-refractivity contribution in [2.75, 3.05) is 0 Å². The number of benzene rings is 1. The molecule has 0 saturated heterocycles. The summed E-state index contributed by atoms with van der Waals surface area (Å²) in [4.78, 5) is 10.6. The molecule has 2 N–H and O–H groups in total. The highest BCUT2D eigenvalue weighted by molar-refractivity contribution is 6.30. The zero-order valence-corrected chi connectivity index (χ0v) is 7.59. The third-order valence-corrected chi connectivity index (χ3v) is 2.04. The van der Waals surface area contributed by atoms with Crippen LogP contribution in [0.25, 0.3) is 0 Å². The summed E-state index contributed by atoms with van der Waals surface area (Å²) in [6, 6.07) is 6.16. The number of carbonyl (C=O) groups is 1. The summed E-state index contributed by atoms with van der Waals surface area (Å²) in [6.45, 7) is 0. The summed E-state index contributed by atoms with van der Waals surface area (Å²) in [7, 11) is 0. The fourth-order valence-electron chi connectivity index (χ4n) is 0.958. The van der Waals surface area contributed by atoms with E-state index in [4.69, 9.17) is 17.3 Å². The van der Waals surface area contributed by atoms with Gasteiger partial charge in [0.25, 0.3) is 0 Å². The number of amides is 1. The minimum atomic E-state index is -0.850. The average molecular weight is 202 g/mol. The van der Waals surface area contributed by atoms with Crippen LogP contribution in [0.4, 0.5) is 4.39 Å². The van der Waals surface area contributed by atoms with E-state index in [1.165, 1.54) is 6.07 Å². The van der Waals surface area contributed by atoms with Gasteiger partial charge in [0, 0.05) is 6.42 Å². The molecule has 1 aromatic rings. The van der Waals surface area contributed by atoms with Crippen molar-refractivity contribution in [1.82, 2.24) is 0 Å². The molecule has 0 aromatic heterocycles. The topological polar surface area (TPSA) is 43.1 Å². The third-order valence-electron chi connectivity index (χ3n) is 1.67. The average Bonchev–Trinajstić information content (AvgIpc) is 2.08. The maximum atomic E-state index is 13.0. The first-order chi connectivity index (χ1) is 6.11. The highest BCUT2D eigenvalue weighted by atomic mass is 35.5. The SMILES string of the molecule is NC(=O)C(Cl)Cc1ccccc1F. The monoisotopic (exact) mass is 201 g/mol. The van der Waals surface area contributed by atoms with E-state index in [1.807, 2.05) is 0 Å². The number of rotatable bonds is 3. The predicted octanol–water partition coefficient (Wildman–Crippen LogP) is 1.46. The molecule has 0 aliphatic heterocycles. The van der Waals surface area contributed by atoms with Crippen molar-refractivity contribution >= 4 is 17.5 Å². The van der Waals surface area contributed by atoms with Gasteiger partial charge in [0.05, 0.1) is 0 Å². The van der Waals surface area contributed by atoms with Crippen LogP contribution >= 0.6 is 11.6 Å². The zero-order valence-electron chi connectivity index (χ0n) is 6.84. The minimum absolute atomic E-state index is 0.129. The van der Waals surface area contributed by atoms with Gasteiger partial charge in [0.2, 0.25) is 5.91 Å². The molecule has 0 heterocycles. The van der Waals surface area contributed by atoms with Gasteiger partial charge in [-0.2, -0.15) is 0 Å². The fraction of sp³-hybridized carbons (Fsp3) is 0.222. The molecule has 1 unspecified atom stereocenters. The van der Waals surface area contributed by atoms with Crippen LogP contribution in [0, 0.1) is 5.82 Å². The van der Waals surface area contributed by atoms with Crippen LogP contribution in [0.15, 0.2) is 24.3 Å². The van der Waals surface area contributed by atoms with Crippen LogP contribution in [0.3, 0.4) is 0 Å². The minimum Gasteiger partial charge on any atom is -0.368 e.